The standard InChI is InChI=1S/C14H26N6O/c1-11-18-19-13(20(11)2)10-16-14(15-8-9-21-3)17-12-6-4-5-7-12/h12H,4-10H2,1-3H3,(H2,15,16,17). The highest BCUT2D eigenvalue weighted by atomic mass is 16.5. The number of guanidine groups is 1. The van der Waals surface area contributed by atoms with Crippen molar-refractivity contribution >= 4 is 5.96 Å². The number of aryl methyl sites for hydroxylation is 1. The van der Waals surface area contributed by atoms with Gasteiger partial charge in [-0.3, -0.25) is 0 Å². The molecular weight excluding hydrogens is 268 g/mol. The molecule has 118 valence electrons. The molecule has 1 aliphatic carbocycles. The van der Waals surface area contributed by atoms with Crippen molar-refractivity contribution in [2.75, 3.05) is 20.3 Å². The van der Waals surface area contributed by atoms with Gasteiger partial charge >= 0.3 is 0 Å². The van der Waals surface area contributed by atoms with Crippen molar-refractivity contribution in [1.82, 2.24) is 25.4 Å². The Bertz CT molecular complexity index is 464. The first kappa shape index (κ1) is 15.8. The van der Waals surface area contributed by atoms with E-state index in [1.807, 2.05) is 18.5 Å². The van der Waals surface area contributed by atoms with E-state index < -0.39 is 0 Å². The van der Waals surface area contributed by atoms with Crippen LogP contribution in [0.5, 0.6) is 0 Å². The lowest BCUT2D eigenvalue weighted by Gasteiger charge is -2.17. The molecule has 1 aliphatic rings. The predicted molar refractivity (Wildman–Crippen MR) is 82.1 cm³/mol. The van der Waals surface area contributed by atoms with E-state index in [0.29, 0.717) is 19.2 Å². The molecule has 0 aliphatic heterocycles. The molecule has 21 heavy (non-hydrogen) atoms. The molecule has 0 bridgehead atoms. The fourth-order valence-electron chi connectivity index (χ4n) is 2.43. The molecular formula is C14H26N6O. The average molecular weight is 294 g/mol. The summed E-state index contributed by atoms with van der Waals surface area (Å²) in [6.07, 6.45) is 5.03. The van der Waals surface area contributed by atoms with E-state index in [9.17, 15) is 0 Å². The minimum atomic E-state index is 0.520. The molecule has 7 nitrogen and oxygen atoms in total. The Morgan fingerprint density at radius 2 is 2.14 bits per heavy atom. The Morgan fingerprint density at radius 3 is 2.76 bits per heavy atom. The second-order valence-electron chi connectivity index (χ2n) is 5.43. The molecule has 0 saturated heterocycles. The van der Waals surface area contributed by atoms with Crippen LogP contribution in [0.2, 0.25) is 0 Å². The van der Waals surface area contributed by atoms with E-state index in [2.05, 4.69) is 25.8 Å². The van der Waals surface area contributed by atoms with E-state index in [4.69, 9.17) is 4.74 Å². The molecule has 1 aromatic rings. The van der Waals surface area contributed by atoms with Crippen LogP contribution in [-0.2, 0) is 18.3 Å². The van der Waals surface area contributed by atoms with E-state index >= 15 is 0 Å². The van der Waals surface area contributed by atoms with Gasteiger partial charge in [0.1, 0.15) is 12.4 Å². The second-order valence-corrected chi connectivity index (χ2v) is 5.43. The SMILES string of the molecule is COCCNC(=NCc1nnc(C)n1C)NC1CCCC1. The highest BCUT2D eigenvalue weighted by molar-refractivity contribution is 5.80. The molecule has 0 atom stereocenters. The molecule has 2 rings (SSSR count). The first-order valence-corrected chi connectivity index (χ1v) is 7.59. The maximum atomic E-state index is 5.08. The van der Waals surface area contributed by atoms with Gasteiger partial charge in [0.25, 0.3) is 0 Å². The van der Waals surface area contributed by atoms with Crippen LogP contribution in [0.25, 0.3) is 0 Å². The normalized spacial score (nSPS) is 16.4. The third-order valence-electron chi connectivity index (χ3n) is 3.86. The van der Waals surface area contributed by atoms with Crippen LogP contribution in [0, 0.1) is 6.92 Å². The highest BCUT2D eigenvalue weighted by Crippen LogP contribution is 2.17. The quantitative estimate of drug-likeness (QED) is 0.460. The molecule has 1 heterocycles. The Hall–Kier alpha value is -1.63. The average Bonchev–Trinajstić information content (AvgIpc) is 3.09. The van der Waals surface area contributed by atoms with Crippen molar-refractivity contribution in [2.45, 2.75) is 45.2 Å². The summed E-state index contributed by atoms with van der Waals surface area (Å²) in [5, 5.41) is 15.0. The van der Waals surface area contributed by atoms with Crippen molar-refractivity contribution in [3.63, 3.8) is 0 Å². The van der Waals surface area contributed by atoms with Crippen LogP contribution >= 0.6 is 0 Å². The Kier molecular flexibility index (Phi) is 5.98. The summed E-state index contributed by atoms with van der Waals surface area (Å²) in [6.45, 7) is 3.86. The maximum Gasteiger partial charge on any atom is 0.192 e. The van der Waals surface area contributed by atoms with Crippen LogP contribution in [0.15, 0.2) is 4.99 Å². The van der Waals surface area contributed by atoms with Gasteiger partial charge in [0, 0.05) is 26.7 Å². The van der Waals surface area contributed by atoms with Crippen molar-refractivity contribution < 1.29 is 4.74 Å². The van der Waals surface area contributed by atoms with E-state index in [1.54, 1.807) is 7.11 Å². The third-order valence-corrected chi connectivity index (χ3v) is 3.86. The molecule has 0 spiro atoms. The number of nitrogens with zero attached hydrogens (tertiary/aromatic N) is 4. The zero-order valence-electron chi connectivity index (χ0n) is 13.2. The molecule has 0 amide bonds. The lowest BCUT2D eigenvalue weighted by molar-refractivity contribution is 0.203. The third kappa shape index (κ3) is 4.70. The number of aliphatic imine (C=N–C) groups is 1. The van der Waals surface area contributed by atoms with Crippen molar-refractivity contribution in [2.24, 2.45) is 12.0 Å². The minimum absolute atomic E-state index is 0.520. The Labute approximate surface area is 126 Å². The van der Waals surface area contributed by atoms with Gasteiger partial charge in [-0.25, -0.2) is 4.99 Å². The van der Waals surface area contributed by atoms with Gasteiger partial charge in [-0.1, -0.05) is 12.8 Å². The topological polar surface area (TPSA) is 76.4 Å². The van der Waals surface area contributed by atoms with E-state index in [-0.39, 0.29) is 0 Å². The summed E-state index contributed by atoms with van der Waals surface area (Å²) in [4.78, 5) is 4.62. The number of methoxy groups -OCH3 is 1. The summed E-state index contributed by atoms with van der Waals surface area (Å²) >= 11 is 0. The van der Waals surface area contributed by atoms with Gasteiger partial charge in [-0.15, -0.1) is 10.2 Å². The van der Waals surface area contributed by atoms with Gasteiger partial charge in [0.15, 0.2) is 11.8 Å². The molecule has 7 heteroatoms. The molecule has 0 unspecified atom stereocenters. The van der Waals surface area contributed by atoms with Gasteiger partial charge in [0.05, 0.1) is 6.61 Å². The van der Waals surface area contributed by atoms with Gasteiger partial charge < -0.3 is 19.9 Å². The first-order chi connectivity index (χ1) is 10.2. The lowest BCUT2D eigenvalue weighted by Crippen LogP contribution is -2.43. The smallest absolute Gasteiger partial charge is 0.192 e. The first-order valence-electron chi connectivity index (χ1n) is 7.59. The number of rotatable bonds is 6. The zero-order chi connectivity index (χ0) is 15.1. The van der Waals surface area contributed by atoms with Crippen LogP contribution in [0.4, 0.5) is 0 Å². The van der Waals surface area contributed by atoms with Crippen LogP contribution < -0.4 is 10.6 Å². The van der Waals surface area contributed by atoms with E-state index in [0.717, 1.165) is 24.2 Å². The maximum absolute atomic E-state index is 5.08. The lowest BCUT2D eigenvalue weighted by atomic mass is 10.2. The zero-order valence-corrected chi connectivity index (χ0v) is 13.2. The van der Waals surface area contributed by atoms with Crippen LogP contribution in [-0.4, -0.2) is 47.0 Å². The molecule has 1 fully saturated rings. The van der Waals surface area contributed by atoms with Gasteiger partial charge in [0.2, 0.25) is 0 Å². The minimum Gasteiger partial charge on any atom is -0.383 e. The molecule has 2 N–H and O–H groups in total. The van der Waals surface area contributed by atoms with Crippen molar-refractivity contribution in [3.05, 3.63) is 11.6 Å². The van der Waals surface area contributed by atoms with Crippen molar-refractivity contribution in [1.29, 1.82) is 0 Å². The number of hydrogen-bond donors (Lipinski definition) is 2. The molecule has 1 saturated carbocycles. The van der Waals surface area contributed by atoms with Crippen LogP contribution in [0.1, 0.15) is 37.3 Å². The summed E-state index contributed by atoms with van der Waals surface area (Å²) in [7, 11) is 3.66. The van der Waals surface area contributed by atoms with E-state index in [1.165, 1.54) is 25.7 Å². The molecule has 0 radical (unpaired) electrons. The fourth-order valence-corrected chi connectivity index (χ4v) is 2.43. The van der Waals surface area contributed by atoms with Gasteiger partial charge in [-0.05, 0) is 19.8 Å². The number of ether oxygens (including phenoxy) is 1. The Balaban J connectivity index is 1.95. The number of nitrogens with one attached hydrogen (secondary N) is 2. The van der Waals surface area contributed by atoms with Gasteiger partial charge in [-0.2, -0.15) is 0 Å². The summed E-state index contributed by atoms with van der Waals surface area (Å²) in [5.74, 6) is 2.60. The number of aromatic nitrogens is 3. The Morgan fingerprint density at radius 1 is 1.38 bits per heavy atom. The van der Waals surface area contributed by atoms with Crippen molar-refractivity contribution in [3.8, 4) is 0 Å². The summed E-state index contributed by atoms with van der Waals surface area (Å²) < 4.78 is 7.04. The largest absolute Gasteiger partial charge is 0.383 e. The monoisotopic (exact) mass is 294 g/mol. The fraction of sp³-hybridized carbons (Fsp3) is 0.786. The molecule has 0 aromatic carbocycles. The predicted octanol–water partition coefficient (Wildman–Crippen LogP) is 0.748. The summed E-state index contributed by atoms with van der Waals surface area (Å²) in [5.41, 5.74) is 0. The highest BCUT2D eigenvalue weighted by Gasteiger charge is 2.16. The van der Waals surface area contributed by atoms with Crippen LogP contribution in [0.3, 0.4) is 0 Å². The number of hydrogen-bond acceptors (Lipinski definition) is 4. The molecule has 1 aromatic heterocycles. The second kappa shape index (κ2) is 7.97. The summed E-state index contributed by atoms with van der Waals surface area (Å²) in [6, 6.07) is 0.528.